The Labute approximate surface area is 164 Å². The number of benzene rings is 2. The largest absolute Gasteiger partial charge is 0.460 e. The van der Waals surface area contributed by atoms with E-state index >= 15 is 0 Å². The van der Waals surface area contributed by atoms with Crippen LogP contribution in [0.2, 0.25) is 0 Å². The fourth-order valence-electron chi connectivity index (χ4n) is 3.17. The second-order valence-corrected chi connectivity index (χ2v) is 5.96. The molecular weight excluding hydrogens is 504 g/mol. The molecule has 2 aromatic carbocycles. The van der Waals surface area contributed by atoms with Crippen LogP contribution in [-0.4, -0.2) is 14.5 Å². The summed E-state index contributed by atoms with van der Waals surface area (Å²) in [6, 6.07) is 13.1. The van der Waals surface area contributed by atoms with Crippen molar-refractivity contribution in [2.45, 2.75) is 20.8 Å². The van der Waals surface area contributed by atoms with Gasteiger partial charge in [0.05, 0.1) is 17.5 Å². The Morgan fingerprint density at radius 2 is 1.92 bits per heavy atom. The number of fused-ring (bicyclic) bond motifs is 1. The zero-order chi connectivity index (χ0) is 17.6. The first-order valence-corrected chi connectivity index (χ1v) is 7.92. The molecule has 131 valence electrons. The van der Waals surface area contributed by atoms with Crippen molar-refractivity contribution in [1.29, 1.82) is 5.26 Å². The van der Waals surface area contributed by atoms with Crippen LogP contribution in [-0.2, 0) is 20.1 Å². The number of nitriles is 1. The summed E-state index contributed by atoms with van der Waals surface area (Å²) < 4.78 is 7.66. The number of hydrogen-bond acceptors (Lipinski definition) is 4. The van der Waals surface area contributed by atoms with Gasteiger partial charge in [-0.1, -0.05) is 23.8 Å². The van der Waals surface area contributed by atoms with Crippen LogP contribution in [0.1, 0.15) is 22.6 Å². The SMILES string of the molecule is Cc1nc2c(-c3nccn3-c3c(C)cccc3C)[c-]cc(C#N)c2o1.[Ir]. The van der Waals surface area contributed by atoms with Gasteiger partial charge in [0.2, 0.25) is 0 Å². The van der Waals surface area contributed by atoms with Crippen molar-refractivity contribution in [3.8, 4) is 23.1 Å². The molecule has 1 radical (unpaired) electrons. The van der Waals surface area contributed by atoms with Gasteiger partial charge in [0.25, 0.3) is 0 Å². The van der Waals surface area contributed by atoms with Crippen LogP contribution >= 0.6 is 0 Å². The van der Waals surface area contributed by atoms with Crippen molar-refractivity contribution in [2.24, 2.45) is 0 Å². The molecule has 0 unspecified atom stereocenters. The number of hydrogen-bond donors (Lipinski definition) is 0. The van der Waals surface area contributed by atoms with Crippen LogP contribution in [0.4, 0.5) is 0 Å². The molecule has 6 heteroatoms. The van der Waals surface area contributed by atoms with Crippen LogP contribution in [0.5, 0.6) is 0 Å². The maximum Gasteiger partial charge on any atom is 0.180 e. The second-order valence-electron chi connectivity index (χ2n) is 5.96. The summed E-state index contributed by atoms with van der Waals surface area (Å²) in [4.78, 5) is 8.98. The van der Waals surface area contributed by atoms with E-state index in [1.807, 2.05) is 16.8 Å². The standard InChI is InChI=1S/C20H15N4O.Ir/c1-12-5-4-6-13(2)18(12)24-10-9-22-20(24)16-8-7-15(11-21)19-17(16)23-14(3)25-19;/h4-7,9-10H,1-3H3;/q-1;. The molecule has 0 atom stereocenters. The molecule has 0 saturated heterocycles. The Morgan fingerprint density at radius 3 is 2.62 bits per heavy atom. The molecule has 26 heavy (non-hydrogen) atoms. The number of aryl methyl sites for hydroxylation is 3. The van der Waals surface area contributed by atoms with Crippen molar-refractivity contribution in [3.05, 3.63) is 65.3 Å². The summed E-state index contributed by atoms with van der Waals surface area (Å²) in [5.74, 6) is 1.23. The fraction of sp³-hybridized carbons (Fsp3) is 0.150. The maximum absolute atomic E-state index is 9.29. The van der Waals surface area contributed by atoms with Gasteiger partial charge < -0.3 is 8.98 Å². The Morgan fingerprint density at radius 1 is 1.19 bits per heavy atom. The van der Waals surface area contributed by atoms with Gasteiger partial charge in [0.1, 0.15) is 0 Å². The van der Waals surface area contributed by atoms with E-state index in [4.69, 9.17) is 4.42 Å². The molecular formula is C20H15IrN4O-. The molecule has 0 amide bonds. The van der Waals surface area contributed by atoms with Crippen molar-refractivity contribution in [1.82, 2.24) is 14.5 Å². The van der Waals surface area contributed by atoms with E-state index in [0.29, 0.717) is 22.6 Å². The van der Waals surface area contributed by atoms with Gasteiger partial charge in [-0.2, -0.15) is 0 Å². The molecule has 2 heterocycles. The van der Waals surface area contributed by atoms with E-state index in [2.05, 4.69) is 48.1 Å². The Hall–Kier alpha value is -2.74. The molecule has 0 fully saturated rings. The first-order valence-electron chi connectivity index (χ1n) is 7.92. The first-order chi connectivity index (χ1) is 12.1. The number of para-hydroxylation sites is 1. The van der Waals surface area contributed by atoms with Gasteiger partial charge in [0.15, 0.2) is 5.89 Å². The van der Waals surface area contributed by atoms with Crippen LogP contribution in [0, 0.1) is 38.2 Å². The molecule has 0 bridgehead atoms. The van der Waals surface area contributed by atoms with Crippen LogP contribution in [0.3, 0.4) is 0 Å². The minimum absolute atomic E-state index is 0. The third kappa shape index (κ3) is 2.76. The molecule has 4 rings (SSSR count). The Balaban J connectivity index is 0.00000196. The number of aromatic nitrogens is 3. The average molecular weight is 520 g/mol. The summed E-state index contributed by atoms with van der Waals surface area (Å²) in [6.07, 6.45) is 3.68. The average Bonchev–Trinajstić information content (AvgIpc) is 3.20. The topological polar surface area (TPSA) is 67.6 Å². The monoisotopic (exact) mass is 520 g/mol. The van der Waals surface area contributed by atoms with Gasteiger partial charge >= 0.3 is 0 Å². The molecule has 0 aliphatic heterocycles. The zero-order valence-electron chi connectivity index (χ0n) is 14.5. The third-order valence-electron chi connectivity index (χ3n) is 4.24. The van der Waals surface area contributed by atoms with E-state index in [1.165, 1.54) is 0 Å². The molecule has 5 nitrogen and oxygen atoms in total. The van der Waals surface area contributed by atoms with E-state index in [1.54, 1.807) is 19.2 Å². The molecule has 4 aromatic rings. The van der Waals surface area contributed by atoms with E-state index < -0.39 is 0 Å². The quantitative estimate of drug-likeness (QED) is 0.371. The molecule has 0 aliphatic rings. The first kappa shape index (κ1) is 18.1. The minimum Gasteiger partial charge on any atom is -0.460 e. The van der Waals surface area contributed by atoms with Crippen molar-refractivity contribution in [2.75, 3.05) is 0 Å². The third-order valence-corrected chi connectivity index (χ3v) is 4.24. The van der Waals surface area contributed by atoms with E-state index in [-0.39, 0.29) is 20.1 Å². The second kappa shape index (κ2) is 6.87. The van der Waals surface area contributed by atoms with Gasteiger partial charge in [0, 0.05) is 56.2 Å². The van der Waals surface area contributed by atoms with Crippen molar-refractivity contribution in [3.63, 3.8) is 0 Å². The predicted molar refractivity (Wildman–Crippen MR) is 94.3 cm³/mol. The summed E-state index contributed by atoms with van der Waals surface area (Å²) in [6.45, 7) is 5.91. The smallest absolute Gasteiger partial charge is 0.180 e. The molecule has 0 spiro atoms. The maximum atomic E-state index is 9.29. The van der Waals surface area contributed by atoms with Crippen LogP contribution in [0.25, 0.3) is 28.2 Å². The normalized spacial score (nSPS) is 10.5. The fourth-order valence-corrected chi connectivity index (χ4v) is 3.17. The van der Waals surface area contributed by atoms with Crippen LogP contribution in [0.15, 0.2) is 41.1 Å². The van der Waals surface area contributed by atoms with Gasteiger partial charge in [-0.3, -0.25) is 9.97 Å². The van der Waals surface area contributed by atoms with Gasteiger partial charge in [-0.15, -0.1) is 12.1 Å². The summed E-state index contributed by atoms with van der Waals surface area (Å²) in [7, 11) is 0. The zero-order valence-corrected chi connectivity index (χ0v) is 16.9. The van der Waals surface area contributed by atoms with Crippen LogP contribution < -0.4 is 0 Å². The number of imidazole rings is 1. The van der Waals surface area contributed by atoms with E-state index in [0.717, 1.165) is 28.2 Å². The summed E-state index contributed by atoms with van der Waals surface area (Å²) >= 11 is 0. The molecule has 0 aliphatic carbocycles. The Bertz CT molecular complexity index is 1130. The van der Waals surface area contributed by atoms with Crippen molar-refractivity contribution >= 4 is 11.1 Å². The summed E-state index contributed by atoms with van der Waals surface area (Å²) in [5, 5.41) is 9.29. The minimum atomic E-state index is 0. The molecule has 2 aromatic heterocycles. The number of oxazole rings is 1. The Kier molecular flexibility index (Phi) is 4.77. The van der Waals surface area contributed by atoms with Gasteiger partial charge in [-0.05, 0) is 25.0 Å². The number of nitrogens with zero attached hydrogens (tertiary/aromatic N) is 4. The van der Waals surface area contributed by atoms with Gasteiger partial charge in [-0.25, -0.2) is 5.26 Å². The van der Waals surface area contributed by atoms with Crippen molar-refractivity contribution < 1.29 is 24.5 Å². The molecule has 0 saturated carbocycles. The number of rotatable bonds is 2. The predicted octanol–water partition coefficient (Wildman–Crippen LogP) is 4.28. The molecule has 0 N–H and O–H groups in total. The van der Waals surface area contributed by atoms with E-state index in [9.17, 15) is 5.26 Å². The summed E-state index contributed by atoms with van der Waals surface area (Å²) in [5.41, 5.74) is 5.62.